The van der Waals surface area contributed by atoms with Gasteiger partial charge in [0.25, 0.3) is 0 Å². The molecule has 0 bridgehead atoms. The lowest BCUT2D eigenvalue weighted by Crippen LogP contribution is -2.30. The molecule has 1 aromatic rings. The number of carbonyl (C=O) groups is 2. The summed E-state index contributed by atoms with van der Waals surface area (Å²) < 4.78 is 9.37. The molecule has 5 heteroatoms. The summed E-state index contributed by atoms with van der Waals surface area (Å²) in [6, 6.07) is 4.74. The molecule has 1 aromatic carbocycles. The number of rotatable bonds is 5. The Bertz CT molecular complexity index is 471. The SMILES string of the molecule is CCC(Nc1ccc(C(=O)OC)cc1C)C(=O)OC. The van der Waals surface area contributed by atoms with Crippen molar-refractivity contribution in [2.45, 2.75) is 26.3 Å². The van der Waals surface area contributed by atoms with Gasteiger partial charge in [-0.05, 0) is 37.1 Å². The smallest absolute Gasteiger partial charge is 0.337 e. The molecule has 0 heterocycles. The topological polar surface area (TPSA) is 64.6 Å². The average molecular weight is 265 g/mol. The van der Waals surface area contributed by atoms with E-state index in [0.717, 1.165) is 11.3 Å². The lowest BCUT2D eigenvalue weighted by molar-refractivity contribution is -0.141. The highest BCUT2D eigenvalue weighted by atomic mass is 16.5. The van der Waals surface area contributed by atoms with Crippen LogP contribution >= 0.6 is 0 Å². The standard InChI is InChI=1S/C14H19NO4/c1-5-11(14(17)19-4)15-12-7-6-10(8-9(12)2)13(16)18-3/h6-8,11,15H,5H2,1-4H3. The number of hydrogen-bond donors (Lipinski definition) is 1. The van der Waals surface area contributed by atoms with E-state index in [1.54, 1.807) is 18.2 Å². The third kappa shape index (κ3) is 3.71. The molecule has 0 radical (unpaired) electrons. The maximum Gasteiger partial charge on any atom is 0.337 e. The molecule has 1 unspecified atom stereocenters. The van der Waals surface area contributed by atoms with Crippen LogP contribution in [0, 0.1) is 6.92 Å². The van der Waals surface area contributed by atoms with Gasteiger partial charge in [-0.25, -0.2) is 9.59 Å². The molecule has 1 rings (SSSR count). The van der Waals surface area contributed by atoms with Crippen molar-refractivity contribution in [2.75, 3.05) is 19.5 Å². The van der Waals surface area contributed by atoms with Gasteiger partial charge in [0.05, 0.1) is 19.8 Å². The summed E-state index contributed by atoms with van der Waals surface area (Å²) in [7, 11) is 2.70. The Balaban J connectivity index is 2.90. The second kappa shape index (κ2) is 6.78. The van der Waals surface area contributed by atoms with E-state index < -0.39 is 6.04 Å². The molecule has 104 valence electrons. The van der Waals surface area contributed by atoms with Crippen LogP contribution in [0.4, 0.5) is 5.69 Å². The van der Waals surface area contributed by atoms with Gasteiger partial charge in [-0.15, -0.1) is 0 Å². The van der Waals surface area contributed by atoms with Gasteiger partial charge >= 0.3 is 11.9 Å². The van der Waals surface area contributed by atoms with Crippen LogP contribution in [0.2, 0.25) is 0 Å². The molecule has 0 aliphatic carbocycles. The molecule has 1 atom stereocenters. The predicted octanol–water partition coefficient (Wildman–Crippen LogP) is 2.15. The maximum absolute atomic E-state index is 11.5. The highest BCUT2D eigenvalue weighted by molar-refractivity contribution is 5.90. The van der Waals surface area contributed by atoms with Crippen molar-refractivity contribution in [1.82, 2.24) is 0 Å². The van der Waals surface area contributed by atoms with Crippen molar-refractivity contribution in [3.8, 4) is 0 Å². The first-order valence-corrected chi connectivity index (χ1v) is 6.06. The highest BCUT2D eigenvalue weighted by Crippen LogP contribution is 2.19. The van der Waals surface area contributed by atoms with E-state index in [2.05, 4.69) is 10.1 Å². The van der Waals surface area contributed by atoms with Crippen molar-refractivity contribution in [3.63, 3.8) is 0 Å². The summed E-state index contributed by atoms with van der Waals surface area (Å²) in [6.07, 6.45) is 0.616. The van der Waals surface area contributed by atoms with Crippen LogP contribution < -0.4 is 5.32 Å². The summed E-state index contributed by atoms with van der Waals surface area (Å²) in [4.78, 5) is 22.9. The number of nitrogens with one attached hydrogen (secondary N) is 1. The second-order valence-electron chi connectivity index (χ2n) is 4.15. The summed E-state index contributed by atoms with van der Waals surface area (Å²) in [5, 5.41) is 3.11. The van der Waals surface area contributed by atoms with Crippen molar-refractivity contribution < 1.29 is 19.1 Å². The Morgan fingerprint density at radius 3 is 2.42 bits per heavy atom. The summed E-state index contributed by atoms with van der Waals surface area (Å²) in [6.45, 7) is 3.76. The number of methoxy groups -OCH3 is 2. The van der Waals surface area contributed by atoms with Crippen LogP contribution in [0.15, 0.2) is 18.2 Å². The molecular formula is C14H19NO4. The Hall–Kier alpha value is -2.04. The van der Waals surface area contributed by atoms with Crippen LogP contribution in [0.25, 0.3) is 0 Å². The number of carbonyl (C=O) groups excluding carboxylic acids is 2. The van der Waals surface area contributed by atoms with Crippen molar-refractivity contribution in [1.29, 1.82) is 0 Å². The minimum atomic E-state index is -0.396. The molecular weight excluding hydrogens is 246 g/mol. The zero-order valence-electron chi connectivity index (χ0n) is 11.6. The summed E-state index contributed by atoms with van der Waals surface area (Å²) >= 11 is 0. The molecule has 0 fully saturated rings. The number of aryl methyl sites for hydroxylation is 1. The molecule has 1 N–H and O–H groups in total. The van der Waals surface area contributed by atoms with Crippen molar-refractivity contribution >= 4 is 17.6 Å². The van der Waals surface area contributed by atoms with Gasteiger partial charge in [0.15, 0.2) is 0 Å². The zero-order chi connectivity index (χ0) is 14.4. The van der Waals surface area contributed by atoms with Gasteiger partial charge in [0, 0.05) is 5.69 Å². The van der Waals surface area contributed by atoms with Crippen LogP contribution in [-0.2, 0) is 14.3 Å². The van der Waals surface area contributed by atoms with E-state index in [-0.39, 0.29) is 11.9 Å². The molecule has 19 heavy (non-hydrogen) atoms. The van der Waals surface area contributed by atoms with E-state index in [4.69, 9.17) is 4.74 Å². The Labute approximate surface area is 112 Å². The third-order valence-electron chi connectivity index (χ3n) is 2.87. The molecule has 0 aliphatic heterocycles. The van der Waals surface area contributed by atoms with E-state index in [9.17, 15) is 9.59 Å². The minimum Gasteiger partial charge on any atom is -0.467 e. The van der Waals surface area contributed by atoms with Gasteiger partial charge in [-0.3, -0.25) is 0 Å². The molecule has 0 spiro atoms. The number of hydrogen-bond acceptors (Lipinski definition) is 5. The first-order chi connectivity index (χ1) is 9.03. The number of esters is 2. The fraction of sp³-hybridized carbons (Fsp3) is 0.429. The number of benzene rings is 1. The van der Waals surface area contributed by atoms with E-state index in [1.807, 2.05) is 13.8 Å². The Morgan fingerprint density at radius 1 is 1.26 bits per heavy atom. The number of anilines is 1. The van der Waals surface area contributed by atoms with Crippen molar-refractivity contribution in [3.05, 3.63) is 29.3 Å². The third-order valence-corrected chi connectivity index (χ3v) is 2.87. The van der Waals surface area contributed by atoms with E-state index in [0.29, 0.717) is 12.0 Å². The molecule has 0 saturated carbocycles. The first-order valence-electron chi connectivity index (χ1n) is 6.06. The minimum absolute atomic E-state index is 0.307. The van der Waals surface area contributed by atoms with Crippen LogP contribution in [0.5, 0.6) is 0 Å². The van der Waals surface area contributed by atoms with Gasteiger partial charge in [-0.2, -0.15) is 0 Å². The monoisotopic (exact) mass is 265 g/mol. The van der Waals surface area contributed by atoms with Gasteiger partial charge in [0.2, 0.25) is 0 Å². The fourth-order valence-corrected chi connectivity index (χ4v) is 1.73. The van der Waals surface area contributed by atoms with E-state index >= 15 is 0 Å². The molecule has 0 aromatic heterocycles. The fourth-order valence-electron chi connectivity index (χ4n) is 1.73. The number of ether oxygens (including phenoxy) is 2. The summed E-state index contributed by atoms with van der Waals surface area (Å²) in [5.74, 6) is -0.686. The van der Waals surface area contributed by atoms with Gasteiger partial charge < -0.3 is 14.8 Å². The molecule has 5 nitrogen and oxygen atoms in total. The molecule has 0 saturated heterocycles. The zero-order valence-corrected chi connectivity index (χ0v) is 11.6. The molecule has 0 aliphatic rings. The van der Waals surface area contributed by atoms with Crippen molar-refractivity contribution in [2.24, 2.45) is 0 Å². The Morgan fingerprint density at radius 2 is 1.95 bits per heavy atom. The van der Waals surface area contributed by atoms with Gasteiger partial charge in [-0.1, -0.05) is 6.92 Å². The van der Waals surface area contributed by atoms with Crippen LogP contribution in [0.3, 0.4) is 0 Å². The summed E-state index contributed by atoms with van der Waals surface area (Å²) in [5.41, 5.74) is 2.15. The Kier molecular flexibility index (Phi) is 5.36. The first kappa shape index (κ1) is 15.0. The quantitative estimate of drug-likeness (QED) is 0.826. The molecule has 0 amide bonds. The lowest BCUT2D eigenvalue weighted by atomic mass is 10.1. The van der Waals surface area contributed by atoms with Gasteiger partial charge in [0.1, 0.15) is 6.04 Å². The normalized spacial score (nSPS) is 11.6. The predicted molar refractivity (Wildman–Crippen MR) is 72.2 cm³/mol. The largest absolute Gasteiger partial charge is 0.467 e. The maximum atomic E-state index is 11.5. The second-order valence-corrected chi connectivity index (χ2v) is 4.15. The highest BCUT2D eigenvalue weighted by Gasteiger charge is 2.17. The lowest BCUT2D eigenvalue weighted by Gasteiger charge is -2.17. The van der Waals surface area contributed by atoms with Crippen LogP contribution in [-0.4, -0.2) is 32.2 Å². The van der Waals surface area contributed by atoms with E-state index in [1.165, 1.54) is 14.2 Å². The van der Waals surface area contributed by atoms with Crippen LogP contribution in [0.1, 0.15) is 29.3 Å². The average Bonchev–Trinajstić information content (AvgIpc) is 2.44.